The first kappa shape index (κ1) is 19.0. The standard InChI is InChI=1S/C16H27N3O4/c1-6-19(15(21)23-16(2,3)4)10-9-17-11-12-7-8-13(18-12)14(20)22-5/h7-8,17-18H,6,9-11H2,1-5H3. The lowest BCUT2D eigenvalue weighted by Crippen LogP contribution is -2.40. The van der Waals surface area contributed by atoms with E-state index in [-0.39, 0.29) is 6.09 Å². The van der Waals surface area contributed by atoms with Crippen molar-refractivity contribution in [2.24, 2.45) is 0 Å². The number of esters is 1. The van der Waals surface area contributed by atoms with Crippen LogP contribution in [-0.4, -0.2) is 54.3 Å². The Kier molecular flexibility index (Phi) is 7.09. The fourth-order valence-corrected chi connectivity index (χ4v) is 1.91. The van der Waals surface area contributed by atoms with E-state index in [1.165, 1.54) is 7.11 Å². The van der Waals surface area contributed by atoms with Crippen molar-refractivity contribution in [3.8, 4) is 0 Å². The molecule has 0 radical (unpaired) electrons. The Labute approximate surface area is 137 Å². The molecule has 0 spiro atoms. The van der Waals surface area contributed by atoms with Crippen molar-refractivity contribution in [2.75, 3.05) is 26.7 Å². The summed E-state index contributed by atoms with van der Waals surface area (Å²) in [6.07, 6.45) is -0.311. The fourth-order valence-electron chi connectivity index (χ4n) is 1.91. The molecule has 0 unspecified atom stereocenters. The van der Waals surface area contributed by atoms with E-state index in [0.717, 1.165) is 5.69 Å². The van der Waals surface area contributed by atoms with Crippen LogP contribution < -0.4 is 5.32 Å². The number of methoxy groups -OCH3 is 1. The van der Waals surface area contributed by atoms with Crippen molar-refractivity contribution in [2.45, 2.75) is 39.8 Å². The molecule has 0 saturated carbocycles. The van der Waals surface area contributed by atoms with Gasteiger partial charge in [0.15, 0.2) is 0 Å². The van der Waals surface area contributed by atoms with Crippen LogP contribution in [0.4, 0.5) is 4.79 Å². The van der Waals surface area contributed by atoms with E-state index in [4.69, 9.17) is 4.74 Å². The second kappa shape index (κ2) is 8.57. The minimum absolute atomic E-state index is 0.311. The van der Waals surface area contributed by atoms with Crippen LogP contribution in [0.25, 0.3) is 0 Å². The molecule has 0 aliphatic rings. The molecule has 130 valence electrons. The number of carbonyl (C=O) groups excluding carboxylic acids is 2. The van der Waals surface area contributed by atoms with Gasteiger partial charge in [0.25, 0.3) is 0 Å². The van der Waals surface area contributed by atoms with Crippen LogP contribution in [0, 0.1) is 0 Å². The number of likely N-dealkylation sites (N-methyl/N-ethyl adjacent to an activating group) is 1. The molecule has 0 bridgehead atoms. The highest BCUT2D eigenvalue weighted by Crippen LogP contribution is 2.09. The molecule has 0 saturated heterocycles. The maximum atomic E-state index is 12.0. The molecule has 0 fully saturated rings. The summed E-state index contributed by atoms with van der Waals surface area (Å²) in [5.74, 6) is -0.390. The van der Waals surface area contributed by atoms with E-state index in [0.29, 0.717) is 31.9 Å². The molecule has 1 heterocycles. The van der Waals surface area contributed by atoms with Gasteiger partial charge in [-0.1, -0.05) is 0 Å². The highest BCUT2D eigenvalue weighted by atomic mass is 16.6. The molecule has 0 atom stereocenters. The molecule has 0 aliphatic heterocycles. The van der Waals surface area contributed by atoms with E-state index >= 15 is 0 Å². The lowest BCUT2D eigenvalue weighted by atomic mass is 10.2. The molecule has 7 nitrogen and oxygen atoms in total. The molecular formula is C16H27N3O4. The zero-order chi connectivity index (χ0) is 17.5. The molecule has 1 aromatic rings. The van der Waals surface area contributed by atoms with Crippen molar-refractivity contribution >= 4 is 12.1 Å². The third kappa shape index (κ3) is 6.73. The number of aromatic amines is 1. The minimum Gasteiger partial charge on any atom is -0.464 e. The van der Waals surface area contributed by atoms with E-state index in [1.54, 1.807) is 11.0 Å². The van der Waals surface area contributed by atoms with Gasteiger partial charge in [-0.2, -0.15) is 0 Å². The van der Waals surface area contributed by atoms with Crippen molar-refractivity contribution in [1.82, 2.24) is 15.2 Å². The van der Waals surface area contributed by atoms with E-state index in [2.05, 4.69) is 15.0 Å². The highest BCUT2D eigenvalue weighted by molar-refractivity contribution is 5.87. The predicted octanol–water partition coefficient (Wildman–Crippen LogP) is 2.15. The molecule has 1 amide bonds. The number of carbonyl (C=O) groups is 2. The van der Waals surface area contributed by atoms with Crippen molar-refractivity contribution in [3.05, 3.63) is 23.5 Å². The SMILES string of the molecule is CCN(CCNCc1ccc(C(=O)OC)[nH]1)C(=O)OC(C)(C)C. The molecule has 1 rings (SSSR count). The molecule has 0 aromatic carbocycles. The lowest BCUT2D eigenvalue weighted by Gasteiger charge is -2.26. The summed E-state index contributed by atoms with van der Waals surface area (Å²) in [5, 5.41) is 3.22. The van der Waals surface area contributed by atoms with Gasteiger partial charge in [0.1, 0.15) is 11.3 Å². The summed E-state index contributed by atoms with van der Waals surface area (Å²) < 4.78 is 9.99. The van der Waals surface area contributed by atoms with Crippen LogP contribution in [0.5, 0.6) is 0 Å². The summed E-state index contributed by atoms with van der Waals surface area (Å²) in [6, 6.07) is 3.51. The van der Waals surface area contributed by atoms with Crippen LogP contribution in [-0.2, 0) is 16.0 Å². The summed E-state index contributed by atoms with van der Waals surface area (Å²) >= 11 is 0. The number of nitrogens with zero attached hydrogens (tertiary/aromatic N) is 1. The normalized spacial score (nSPS) is 11.2. The van der Waals surface area contributed by atoms with E-state index in [9.17, 15) is 9.59 Å². The monoisotopic (exact) mass is 325 g/mol. The number of hydrogen-bond acceptors (Lipinski definition) is 5. The predicted molar refractivity (Wildman–Crippen MR) is 87.3 cm³/mol. The fraction of sp³-hybridized carbons (Fsp3) is 0.625. The third-order valence-corrected chi connectivity index (χ3v) is 3.06. The Morgan fingerprint density at radius 3 is 2.57 bits per heavy atom. The van der Waals surface area contributed by atoms with E-state index < -0.39 is 11.6 Å². The zero-order valence-corrected chi connectivity index (χ0v) is 14.6. The molecule has 2 N–H and O–H groups in total. The smallest absolute Gasteiger partial charge is 0.410 e. The quantitative estimate of drug-likeness (QED) is 0.593. The van der Waals surface area contributed by atoms with Gasteiger partial charge in [-0.05, 0) is 39.8 Å². The summed E-state index contributed by atoms with van der Waals surface area (Å²) in [6.45, 7) is 9.80. The number of rotatable bonds is 7. The van der Waals surface area contributed by atoms with Gasteiger partial charge in [0, 0.05) is 31.9 Å². The molecular weight excluding hydrogens is 298 g/mol. The number of hydrogen-bond donors (Lipinski definition) is 2. The number of H-pyrrole nitrogens is 1. The van der Waals surface area contributed by atoms with Gasteiger partial charge in [-0.15, -0.1) is 0 Å². The van der Waals surface area contributed by atoms with Gasteiger partial charge in [0.05, 0.1) is 7.11 Å². The number of nitrogens with one attached hydrogen (secondary N) is 2. The maximum Gasteiger partial charge on any atom is 0.410 e. The Morgan fingerprint density at radius 1 is 1.30 bits per heavy atom. The lowest BCUT2D eigenvalue weighted by molar-refractivity contribution is 0.0262. The second-order valence-electron chi connectivity index (χ2n) is 6.13. The Morgan fingerprint density at radius 2 is 2.00 bits per heavy atom. The van der Waals surface area contributed by atoms with Gasteiger partial charge in [-0.25, -0.2) is 9.59 Å². The first-order valence-corrected chi connectivity index (χ1v) is 7.71. The van der Waals surface area contributed by atoms with Gasteiger partial charge in [-0.3, -0.25) is 0 Å². The number of aromatic nitrogens is 1. The Balaban J connectivity index is 2.36. The summed E-state index contributed by atoms with van der Waals surface area (Å²) in [7, 11) is 1.34. The second-order valence-corrected chi connectivity index (χ2v) is 6.13. The first-order chi connectivity index (χ1) is 10.8. The molecule has 7 heteroatoms. The average molecular weight is 325 g/mol. The van der Waals surface area contributed by atoms with Gasteiger partial charge >= 0.3 is 12.1 Å². The zero-order valence-electron chi connectivity index (χ0n) is 14.6. The largest absolute Gasteiger partial charge is 0.464 e. The Hall–Kier alpha value is -2.02. The average Bonchev–Trinajstić information content (AvgIpc) is 2.93. The van der Waals surface area contributed by atoms with Crippen LogP contribution in [0.2, 0.25) is 0 Å². The summed E-state index contributed by atoms with van der Waals surface area (Å²) in [5.41, 5.74) is 0.811. The van der Waals surface area contributed by atoms with Gasteiger partial charge < -0.3 is 24.7 Å². The first-order valence-electron chi connectivity index (χ1n) is 7.71. The van der Waals surface area contributed by atoms with Crippen LogP contribution in [0.3, 0.4) is 0 Å². The molecule has 23 heavy (non-hydrogen) atoms. The number of ether oxygens (including phenoxy) is 2. The van der Waals surface area contributed by atoms with E-state index in [1.807, 2.05) is 33.8 Å². The van der Waals surface area contributed by atoms with Crippen LogP contribution in [0.1, 0.15) is 43.9 Å². The Bertz CT molecular complexity index is 520. The summed E-state index contributed by atoms with van der Waals surface area (Å²) in [4.78, 5) is 27.9. The van der Waals surface area contributed by atoms with Crippen molar-refractivity contribution in [3.63, 3.8) is 0 Å². The van der Waals surface area contributed by atoms with Crippen molar-refractivity contribution < 1.29 is 19.1 Å². The minimum atomic E-state index is -0.494. The third-order valence-electron chi connectivity index (χ3n) is 3.06. The van der Waals surface area contributed by atoms with Crippen LogP contribution >= 0.6 is 0 Å². The van der Waals surface area contributed by atoms with Crippen molar-refractivity contribution in [1.29, 1.82) is 0 Å². The van der Waals surface area contributed by atoms with Gasteiger partial charge in [0.2, 0.25) is 0 Å². The maximum absolute atomic E-state index is 12.0. The topological polar surface area (TPSA) is 83.7 Å². The molecule has 1 aromatic heterocycles. The van der Waals surface area contributed by atoms with Crippen LogP contribution in [0.15, 0.2) is 12.1 Å². The molecule has 0 aliphatic carbocycles. The highest BCUT2D eigenvalue weighted by Gasteiger charge is 2.20. The number of amides is 1.